The van der Waals surface area contributed by atoms with Gasteiger partial charge >= 0.3 is 0 Å². The molecule has 7 heteroatoms. The molecule has 4 aromatic rings. The Balaban J connectivity index is 1.68. The fraction of sp³-hybridized carbons (Fsp3) is 0.0952. The molecule has 0 bridgehead atoms. The molecule has 4 rings (SSSR count). The lowest BCUT2D eigenvalue weighted by molar-refractivity contribution is 0.102. The number of anilines is 1. The fourth-order valence-corrected chi connectivity index (χ4v) is 2.88. The van der Waals surface area contributed by atoms with E-state index in [1.54, 1.807) is 47.1 Å². The number of benzene rings is 2. The first-order valence-corrected chi connectivity index (χ1v) is 8.79. The first-order valence-electron chi connectivity index (χ1n) is 8.79. The Morgan fingerprint density at radius 1 is 1.14 bits per heavy atom. The van der Waals surface area contributed by atoms with Gasteiger partial charge in [-0.3, -0.25) is 4.79 Å². The maximum absolute atomic E-state index is 13.2. The summed E-state index contributed by atoms with van der Waals surface area (Å²) in [5.41, 5.74) is 2.78. The third-order valence-corrected chi connectivity index (χ3v) is 4.17. The smallest absolute Gasteiger partial charge is 0.276 e. The average Bonchev–Trinajstić information content (AvgIpc) is 3.15. The van der Waals surface area contributed by atoms with Crippen LogP contribution in [0.15, 0.2) is 66.9 Å². The number of carbonyl (C=O) groups is 1. The summed E-state index contributed by atoms with van der Waals surface area (Å²) in [5.74, 6) is -0.0995. The maximum atomic E-state index is 13.2. The summed E-state index contributed by atoms with van der Waals surface area (Å²) in [6, 6.07) is 16.6. The molecule has 0 saturated heterocycles. The van der Waals surface area contributed by atoms with Crippen molar-refractivity contribution in [3.8, 4) is 17.0 Å². The van der Waals surface area contributed by atoms with E-state index in [4.69, 9.17) is 4.74 Å². The zero-order valence-electron chi connectivity index (χ0n) is 15.1. The van der Waals surface area contributed by atoms with E-state index in [-0.39, 0.29) is 17.4 Å². The van der Waals surface area contributed by atoms with E-state index in [9.17, 15) is 9.18 Å². The number of para-hydroxylation sites is 2. The van der Waals surface area contributed by atoms with Gasteiger partial charge in [0.15, 0.2) is 11.3 Å². The van der Waals surface area contributed by atoms with Crippen molar-refractivity contribution in [2.24, 2.45) is 0 Å². The lowest BCUT2D eigenvalue weighted by atomic mass is 10.1. The van der Waals surface area contributed by atoms with Crippen molar-refractivity contribution in [3.05, 3.63) is 78.4 Å². The van der Waals surface area contributed by atoms with Crippen LogP contribution in [0.1, 0.15) is 17.4 Å². The minimum absolute atomic E-state index is 0.216. The van der Waals surface area contributed by atoms with Crippen molar-refractivity contribution < 1.29 is 13.9 Å². The van der Waals surface area contributed by atoms with E-state index < -0.39 is 0 Å². The van der Waals surface area contributed by atoms with Gasteiger partial charge in [0.25, 0.3) is 5.91 Å². The highest BCUT2D eigenvalue weighted by atomic mass is 19.1. The molecule has 0 unspecified atom stereocenters. The van der Waals surface area contributed by atoms with Crippen LogP contribution in [0, 0.1) is 5.82 Å². The molecule has 0 fully saturated rings. The summed E-state index contributed by atoms with van der Waals surface area (Å²) in [7, 11) is 0. The quantitative estimate of drug-likeness (QED) is 0.567. The van der Waals surface area contributed by atoms with E-state index >= 15 is 0 Å². The van der Waals surface area contributed by atoms with E-state index in [2.05, 4.69) is 15.4 Å². The van der Waals surface area contributed by atoms with Crippen molar-refractivity contribution in [1.29, 1.82) is 0 Å². The van der Waals surface area contributed by atoms with E-state index in [1.165, 1.54) is 12.1 Å². The highest BCUT2D eigenvalue weighted by Gasteiger charge is 2.16. The van der Waals surface area contributed by atoms with Crippen molar-refractivity contribution in [2.45, 2.75) is 6.92 Å². The van der Waals surface area contributed by atoms with E-state index in [0.29, 0.717) is 29.4 Å². The Labute approximate surface area is 160 Å². The highest BCUT2D eigenvalue weighted by Crippen LogP contribution is 2.25. The summed E-state index contributed by atoms with van der Waals surface area (Å²) in [6.45, 7) is 2.37. The molecule has 0 spiro atoms. The van der Waals surface area contributed by atoms with Gasteiger partial charge in [-0.25, -0.2) is 13.9 Å². The number of rotatable bonds is 5. The van der Waals surface area contributed by atoms with Gasteiger partial charge in [-0.15, -0.1) is 0 Å². The van der Waals surface area contributed by atoms with Crippen LogP contribution in [0.4, 0.5) is 10.1 Å². The molecule has 0 radical (unpaired) electrons. The van der Waals surface area contributed by atoms with Crippen LogP contribution in [-0.2, 0) is 0 Å². The Morgan fingerprint density at radius 2 is 1.93 bits per heavy atom. The van der Waals surface area contributed by atoms with Crippen molar-refractivity contribution in [3.63, 3.8) is 0 Å². The Bertz CT molecular complexity index is 1140. The van der Waals surface area contributed by atoms with Gasteiger partial charge in [0.1, 0.15) is 11.6 Å². The molecule has 2 aromatic carbocycles. The van der Waals surface area contributed by atoms with Gasteiger partial charge in [0, 0.05) is 17.8 Å². The number of fused-ring (bicyclic) bond motifs is 1. The molecule has 0 aliphatic carbocycles. The monoisotopic (exact) mass is 376 g/mol. The minimum atomic E-state index is -0.372. The second-order valence-electron chi connectivity index (χ2n) is 6.02. The topological polar surface area (TPSA) is 68.5 Å². The summed E-state index contributed by atoms with van der Waals surface area (Å²) in [6.07, 6.45) is 1.63. The first kappa shape index (κ1) is 17.7. The first-order chi connectivity index (χ1) is 13.7. The number of aromatic nitrogens is 3. The Hall–Kier alpha value is -3.74. The van der Waals surface area contributed by atoms with Gasteiger partial charge in [-0.05, 0) is 49.4 Å². The van der Waals surface area contributed by atoms with Gasteiger partial charge in [-0.1, -0.05) is 12.1 Å². The van der Waals surface area contributed by atoms with Crippen LogP contribution >= 0.6 is 0 Å². The third kappa shape index (κ3) is 3.42. The Kier molecular flexibility index (Phi) is 4.72. The second kappa shape index (κ2) is 7.48. The van der Waals surface area contributed by atoms with E-state index in [0.717, 1.165) is 5.56 Å². The third-order valence-electron chi connectivity index (χ3n) is 4.17. The van der Waals surface area contributed by atoms with Crippen molar-refractivity contribution >= 4 is 17.2 Å². The molecule has 0 aliphatic rings. The normalized spacial score (nSPS) is 10.8. The number of amides is 1. The number of hydrogen-bond donors (Lipinski definition) is 1. The van der Waals surface area contributed by atoms with Crippen LogP contribution in [0.25, 0.3) is 16.9 Å². The number of ether oxygens (including phenoxy) is 1. The number of carbonyl (C=O) groups excluding carboxylic acids is 1. The molecule has 140 valence electrons. The van der Waals surface area contributed by atoms with Crippen molar-refractivity contribution in [2.75, 3.05) is 11.9 Å². The zero-order valence-corrected chi connectivity index (χ0v) is 15.1. The molecule has 2 heterocycles. The van der Waals surface area contributed by atoms with Gasteiger partial charge in [0.2, 0.25) is 0 Å². The molecule has 28 heavy (non-hydrogen) atoms. The molecular formula is C21H17FN4O2. The summed E-state index contributed by atoms with van der Waals surface area (Å²) >= 11 is 0. The molecule has 1 amide bonds. The van der Waals surface area contributed by atoms with Crippen LogP contribution in [0.3, 0.4) is 0 Å². The standard InChI is InChI=1S/C21H17FN4O2/c1-2-28-19-6-4-3-5-16(19)24-21(27)17-13-20-23-12-11-18(26(20)25-17)14-7-9-15(22)10-8-14/h3-13H,2H2,1H3,(H,24,27). The average molecular weight is 376 g/mol. The Morgan fingerprint density at radius 3 is 2.71 bits per heavy atom. The van der Waals surface area contributed by atoms with Gasteiger partial charge < -0.3 is 10.1 Å². The largest absolute Gasteiger partial charge is 0.492 e. The molecular weight excluding hydrogens is 359 g/mol. The molecule has 0 aliphatic heterocycles. The number of hydrogen-bond acceptors (Lipinski definition) is 4. The van der Waals surface area contributed by atoms with Crippen LogP contribution in [0.5, 0.6) is 5.75 Å². The highest BCUT2D eigenvalue weighted by molar-refractivity contribution is 6.04. The van der Waals surface area contributed by atoms with Gasteiger partial charge in [-0.2, -0.15) is 5.10 Å². The summed E-state index contributed by atoms with van der Waals surface area (Å²) < 4.78 is 20.3. The number of nitrogens with zero attached hydrogens (tertiary/aromatic N) is 3. The number of halogens is 1. The fourth-order valence-electron chi connectivity index (χ4n) is 2.88. The van der Waals surface area contributed by atoms with Gasteiger partial charge in [0.05, 0.1) is 18.0 Å². The lowest BCUT2D eigenvalue weighted by Crippen LogP contribution is -2.13. The second-order valence-corrected chi connectivity index (χ2v) is 6.02. The summed E-state index contributed by atoms with van der Waals surface area (Å²) in [5, 5.41) is 7.21. The predicted octanol–water partition coefficient (Wildman–Crippen LogP) is 4.19. The number of nitrogens with one attached hydrogen (secondary N) is 1. The SMILES string of the molecule is CCOc1ccccc1NC(=O)c1cc2nccc(-c3ccc(F)cc3)n2n1. The van der Waals surface area contributed by atoms with E-state index in [1.807, 2.05) is 19.1 Å². The predicted molar refractivity (Wildman–Crippen MR) is 104 cm³/mol. The summed E-state index contributed by atoms with van der Waals surface area (Å²) in [4.78, 5) is 17.0. The lowest BCUT2D eigenvalue weighted by Gasteiger charge is -2.10. The minimum Gasteiger partial charge on any atom is -0.492 e. The van der Waals surface area contributed by atoms with Crippen LogP contribution in [-0.4, -0.2) is 27.1 Å². The van der Waals surface area contributed by atoms with Crippen molar-refractivity contribution in [1.82, 2.24) is 14.6 Å². The maximum Gasteiger partial charge on any atom is 0.276 e. The molecule has 2 aromatic heterocycles. The molecule has 6 nitrogen and oxygen atoms in total. The molecule has 0 atom stereocenters. The van der Waals surface area contributed by atoms with Crippen LogP contribution < -0.4 is 10.1 Å². The molecule has 1 N–H and O–H groups in total. The van der Waals surface area contributed by atoms with Crippen LogP contribution in [0.2, 0.25) is 0 Å². The zero-order chi connectivity index (χ0) is 19.5. The molecule has 0 saturated carbocycles.